The summed E-state index contributed by atoms with van der Waals surface area (Å²) in [7, 11) is 4.66. The molecule has 6 aromatic rings. The summed E-state index contributed by atoms with van der Waals surface area (Å²) in [5, 5.41) is 9.42. The molecule has 0 fully saturated rings. The van der Waals surface area contributed by atoms with Crippen molar-refractivity contribution in [3.05, 3.63) is 113 Å². The number of rotatable bonds is 11. The number of anilines is 4. The molecule has 0 aliphatic heterocycles. The maximum Gasteiger partial charge on any atom is 0.255 e. The smallest absolute Gasteiger partial charge is 0.255 e. The number of amides is 1. The molecule has 4 N–H and O–H groups in total. The van der Waals surface area contributed by atoms with Gasteiger partial charge in [0.05, 0.1) is 27.0 Å². The maximum absolute atomic E-state index is 13.0. The standard InChI is InChI=1S/C35H29N5O5S2/c1-43-27-17-25(18-28(44-2)30(27)45-3)38-35-40-32(36)31(47-35)34-39-26(19-46-34)23-10-7-11-24(16-23)37-33(42)22-14-12-21(13-15-22)29(41)20-8-5-4-6-9-20/h4-19H,36H2,1-3H3,(H,37,42)(H,38,40). The second kappa shape index (κ2) is 13.7. The fourth-order valence-corrected chi connectivity index (χ4v) is 6.65. The predicted octanol–water partition coefficient (Wildman–Crippen LogP) is 7.77. The van der Waals surface area contributed by atoms with Gasteiger partial charge in [0.15, 0.2) is 22.4 Å². The van der Waals surface area contributed by atoms with E-state index in [2.05, 4.69) is 15.6 Å². The average molecular weight is 664 g/mol. The molecule has 4 aromatic carbocycles. The van der Waals surface area contributed by atoms with Crippen LogP contribution in [0.5, 0.6) is 17.2 Å². The van der Waals surface area contributed by atoms with E-state index < -0.39 is 0 Å². The van der Waals surface area contributed by atoms with Crippen LogP contribution in [0.1, 0.15) is 26.3 Å². The van der Waals surface area contributed by atoms with Gasteiger partial charge in [-0.2, -0.15) is 0 Å². The van der Waals surface area contributed by atoms with Crippen LogP contribution in [0.25, 0.3) is 21.1 Å². The summed E-state index contributed by atoms with van der Waals surface area (Å²) in [5.74, 6) is 1.47. The molecule has 0 aliphatic carbocycles. The third-order valence-electron chi connectivity index (χ3n) is 7.13. The molecule has 0 bridgehead atoms. The van der Waals surface area contributed by atoms with Crippen molar-refractivity contribution in [2.75, 3.05) is 37.7 Å². The van der Waals surface area contributed by atoms with Gasteiger partial charge in [-0.05, 0) is 24.3 Å². The minimum atomic E-state index is -0.288. The maximum atomic E-state index is 13.0. The molecule has 0 saturated heterocycles. The van der Waals surface area contributed by atoms with Crippen molar-refractivity contribution >= 4 is 56.7 Å². The fraction of sp³-hybridized carbons (Fsp3) is 0.0857. The van der Waals surface area contributed by atoms with Crippen LogP contribution in [0, 0.1) is 0 Å². The highest BCUT2D eigenvalue weighted by Gasteiger charge is 2.18. The molecule has 1 amide bonds. The number of thiazole rings is 2. The molecule has 0 saturated carbocycles. The van der Waals surface area contributed by atoms with Crippen LogP contribution in [-0.2, 0) is 0 Å². The molecule has 12 heteroatoms. The molecule has 47 heavy (non-hydrogen) atoms. The van der Waals surface area contributed by atoms with Gasteiger partial charge >= 0.3 is 0 Å². The van der Waals surface area contributed by atoms with E-state index >= 15 is 0 Å². The summed E-state index contributed by atoms with van der Waals surface area (Å²) in [6.07, 6.45) is 0. The highest BCUT2D eigenvalue weighted by Crippen LogP contribution is 2.43. The first kappa shape index (κ1) is 31.3. The summed E-state index contributed by atoms with van der Waals surface area (Å²) >= 11 is 2.82. The van der Waals surface area contributed by atoms with Crippen molar-refractivity contribution in [3.8, 4) is 38.4 Å². The van der Waals surface area contributed by atoms with Crippen LogP contribution >= 0.6 is 22.7 Å². The number of hydrogen-bond acceptors (Lipinski definition) is 11. The van der Waals surface area contributed by atoms with Crippen molar-refractivity contribution in [2.45, 2.75) is 0 Å². The predicted molar refractivity (Wildman–Crippen MR) is 187 cm³/mol. The Morgan fingerprint density at radius 1 is 0.745 bits per heavy atom. The van der Waals surface area contributed by atoms with Gasteiger partial charge in [0.2, 0.25) is 5.75 Å². The number of nitrogens with one attached hydrogen (secondary N) is 2. The van der Waals surface area contributed by atoms with Crippen LogP contribution in [0.2, 0.25) is 0 Å². The normalized spacial score (nSPS) is 10.7. The Balaban J connectivity index is 1.15. The number of aromatic nitrogens is 2. The SMILES string of the molecule is COc1cc(Nc2nc(N)c(-c3nc(-c4cccc(NC(=O)c5ccc(C(=O)c6ccccc6)cc5)c4)cs3)s2)cc(OC)c1OC. The van der Waals surface area contributed by atoms with E-state index in [0.29, 0.717) is 61.3 Å². The van der Waals surface area contributed by atoms with E-state index in [9.17, 15) is 9.59 Å². The Hall–Kier alpha value is -5.72. The van der Waals surface area contributed by atoms with Crippen molar-refractivity contribution < 1.29 is 23.8 Å². The molecule has 10 nitrogen and oxygen atoms in total. The lowest BCUT2D eigenvalue weighted by Crippen LogP contribution is -2.12. The van der Waals surface area contributed by atoms with Gasteiger partial charge in [-0.3, -0.25) is 9.59 Å². The van der Waals surface area contributed by atoms with Crippen LogP contribution in [0.4, 0.5) is 22.3 Å². The summed E-state index contributed by atoms with van der Waals surface area (Å²) in [6, 6.07) is 26.7. The fourth-order valence-electron chi connectivity index (χ4n) is 4.81. The Bertz CT molecular complexity index is 2030. The van der Waals surface area contributed by atoms with Gasteiger partial charge in [-0.15, -0.1) is 11.3 Å². The van der Waals surface area contributed by atoms with Crippen LogP contribution in [-0.4, -0.2) is 43.0 Å². The van der Waals surface area contributed by atoms with Crippen molar-refractivity contribution in [3.63, 3.8) is 0 Å². The van der Waals surface area contributed by atoms with Gasteiger partial charge < -0.3 is 30.6 Å². The Morgan fingerprint density at radius 2 is 1.43 bits per heavy atom. The summed E-state index contributed by atoms with van der Waals surface area (Å²) in [5.41, 5.74) is 10.7. The molecule has 6 rings (SSSR count). The van der Waals surface area contributed by atoms with E-state index in [1.54, 1.807) is 69.9 Å². The Morgan fingerprint density at radius 3 is 2.11 bits per heavy atom. The van der Waals surface area contributed by atoms with Gasteiger partial charge in [-0.25, -0.2) is 9.97 Å². The lowest BCUT2D eigenvalue weighted by molar-refractivity contribution is 0.102. The number of ketones is 1. The largest absolute Gasteiger partial charge is 0.493 e. The van der Waals surface area contributed by atoms with Crippen molar-refractivity contribution in [1.29, 1.82) is 0 Å². The van der Waals surface area contributed by atoms with Crippen LogP contribution in [0.15, 0.2) is 96.4 Å². The monoisotopic (exact) mass is 663 g/mol. The quantitative estimate of drug-likeness (QED) is 0.119. The molecule has 0 spiro atoms. The minimum Gasteiger partial charge on any atom is -0.493 e. The zero-order valence-electron chi connectivity index (χ0n) is 25.6. The summed E-state index contributed by atoms with van der Waals surface area (Å²) in [4.78, 5) is 35.8. The molecule has 236 valence electrons. The van der Waals surface area contributed by atoms with Gasteiger partial charge in [-0.1, -0.05) is 65.9 Å². The summed E-state index contributed by atoms with van der Waals surface area (Å²) < 4.78 is 16.3. The third kappa shape index (κ3) is 6.78. The molecule has 0 radical (unpaired) electrons. The topological polar surface area (TPSA) is 138 Å². The number of nitrogen functional groups attached to an aromatic ring is 1. The van der Waals surface area contributed by atoms with Gasteiger partial charge in [0.1, 0.15) is 15.7 Å². The Kier molecular flexibility index (Phi) is 9.13. The number of nitrogens with zero attached hydrogens (tertiary/aromatic N) is 2. The molecular formula is C35H29N5O5S2. The molecule has 0 unspecified atom stereocenters. The second-order valence-electron chi connectivity index (χ2n) is 10.1. The number of methoxy groups -OCH3 is 3. The zero-order chi connectivity index (χ0) is 32.9. The van der Waals surface area contributed by atoms with E-state index in [-0.39, 0.29) is 11.7 Å². The lowest BCUT2D eigenvalue weighted by Gasteiger charge is -2.14. The van der Waals surface area contributed by atoms with Gasteiger partial charge in [0, 0.05) is 51.1 Å². The zero-order valence-corrected chi connectivity index (χ0v) is 27.2. The molecule has 2 aromatic heterocycles. The number of hydrogen-bond donors (Lipinski definition) is 3. The van der Waals surface area contributed by atoms with Crippen LogP contribution in [0.3, 0.4) is 0 Å². The number of nitrogens with two attached hydrogens (primary N) is 1. The molecular weight excluding hydrogens is 635 g/mol. The average Bonchev–Trinajstić information content (AvgIpc) is 3.74. The number of carbonyl (C=O) groups excluding carboxylic acids is 2. The molecule has 2 heterocycles. The molecule has 0 atom stereocenters. The first-order chi connectivity index (χ1) is 22.9. The van der Waals surface area contributed by atoms with Crippen LogP contribution < -0.4 is 30.6 Å². The first-order valence-corrected chi connectivity index (χ1v) is 16.0. The van der Waals surface area contributed by atoms with E-state index in [1.165, 1.54) is 22.7 Å². The van der Waals surface area contributed by atoms with Crippen molar-refractivity contribution in [2.24, 2.45) is 0 Å². The summed E-state index contributed by atoms with van der Waals surface area (Å²) in [6.45, 7) is 0. The number of benzene rings is 4. The Labute approximate surface area is 278 Å². The number of ether oxygens (including phenoxy) is 3. The van der Waals surface area contributed by atoms with E-state index in [1.807, 2.05) is 47.8 Å². The van der Waals surface area contributed by atoms with E-state index in [4.69, 9.17) is 24.9 Å². The van der Waals surface area contributed by atoms with Gasteiger partial charge in [0.25, 0.3) is 5.91 Å². The minimum absolute atomic E-state index is 0.0981. The van der Waals surface area contributed by atoms with Crippen molar-refractivity contribution in [1.82, 2.24) is 9.97 Å². The highest BCUT2D eigenvalue weighted by atomic mass is 32.1. The lowest BCUT2D eigenvalue weighted by atomic mass is 10.0. The molecule has 0 aliphatic rings. The number of carbonyl (C=O) groups is 2. The first-order valence-electron chi connectivity index (χ1n) is 14.3. The van der Waals surface area contributed by atoms with E-state index in [0.717, 1.165) is 16.1 Å². The second-order valence-corrected chi connectivity index (χ2v) is 12.0. The third-order valence-corrected chi connectivity index (χ3v) is 9.11. The highest BCUT2D eigenvalue weighted by molar-refractivity contribution is 7.23.